The van der Waals surface area contributed by atoms with E-state index in [4.69, 9.17) is 0 Å². The Morgan fingerprint density at radius 3 is 2.56 bits per heavy atom. The van der Waals surface area contributed by atoms with Crippen molar-refractivity contribution in [2.24, 2.45) is 0 Å². The zero-order chi connectivity index (χ0) is 18.6. The van der Waals surface area contributed by atoms with Gasteiger partial charge in [0.15, 0.2) is 0 Å². The number of hydrogen-bond donors (Lipinski definition) is 1. The molecular weight excluding hydrogens is 374 g/mol. The third-order valence-corrected chi connectivity index (χ3v) is 6.24. The van der Waals surface area contributed by atoms with Gasteiger partial charge in [-0.15, -0.1) is 22.7 Å². The number of amides is 1. The van der Waals surface area contributed by atoms with Crippen LogP contribution in [0.2, 0.25) is 0 Å². The van der Waals surface area contributed by atoms with Crippen molar-refractivity contribution in [3.8, 4) is 10.7 Å². The Morgan fingerprint density at radius 2 is 1.85 bits per heavy atom. The van der Waals surface area contributed by atoms with Crippen LogP contribution in [0, 0.1) is 6.92 Å². The smallest absolute Gasteiger partial charge is 0.264 e. The number of carbonyl (C=O) groups excluding carboxylic acids is 1. The lowest BCUT2D eigenvalue weighted by molar-refractivity contribution is 0.0947. The molecule has 0 bridgehead atoms. The normalized spacial score (nSPS) is 11.9. The molecule has 1 N–H and O–H groups in total. The van der Waals surface area contributed by atoms with E-state index in [0.717, 1.165) is 26.8 Å². The van der Waals surface area contributed by atoms with Crippen LogP contribution in [0.4, 0.5) is 0 Å². The largest absolute Gasteiger partial charge is 0.340 e. The molecule has 1 aromatic carbocycles. The monoisotopic (exact) mass is 391 g/mol. The number of thiophene rings is 1. The maximum atomic E-state index is 13.0. The molecule has 0 spiro atoms. The van der Waals surface area contributed by atoms with Crippen molar-refractivity contribution in [2.75, 3.05) is 0 Å². The predicted molar refractivity (Wildman–Crippen MR) is 110 cm³/mol. The van der Waals surface area contributed by atoms with Crippen molar-refractivity contribution in [2.45, 2.75) is 13.0 Å². The first-order valence-corrected chi connectivity index (χ1v) is 10.2. The Labute approximate surface area is 165 Å². The minimum atomic E-state index is -0.182. The van der Waals surface area contributed by atoms with E-state index in [1.165, 1.54) is 11.3 Å². The van der Waals surface area contributed by atoms with Crippen LogP contribution in [-0.2, 0) is 0 Å². The number of nitrogens with zero attached hydrogens (tertiary/aromatic N) is 2. The Kier molecular flexibility index (Phi) is 5.09. The standard InChI is InChI=1S/C21H17N3OS2/c1-14-19(27-21(23-14)16-10-5-6-12-22-16)20(25)24-18(17-11-7-13-26-17)15-8-3-2-4-9-15/h2-13,18H,1H3,(H,24,25). The van der Waals surface area contributed by atoms with Gasteiger partial charge >= 0.3 is 0 Å². The third kappa shape index (κ3) is 3.82. The summed E-state index contributed by atoms with van der Waals surface area (Å²) in [6, 6.07) is 19.6. The Balaban J connectivity index is 1.63. The summed E-state index contributed by atoms with van der Waals surface area (Å²) in [4.78, 5) is 23.6. The molecule has 0 saturated carbocycles. The van der Waals surface area contributed by atoms with Gasteiger partial charge in [-0.05, 0) is 36.1 Å². The molecule has 1 unspecified atom stereocenters. The first-order valence-electron chi connectivity index (χ1n) is 8.50. The molecule has 1 amide bonds. The quantitative estimate of drug-likeness (QED) is 0.515. The third-order valence-electron chi connectivity index (χ3n) is 4.12. The summed E-state index contributed by atoms with van der Waals surface area (Å²) in [7, 11) is 0. The molecular formula is C21H17N3OS2. The Morgan fingerprint density at radius 1 is 1.04 bits per heavy atom. The Bertz CT molecular complexity index is 1030. The van der Waals surface area contributed by atoms with Gasteiger partial charge in [-0.2, -0.15) is 0 Å². The summed E-state index contributed by atoms with van der Waals surface area (Å²) in [6.07, 6.45) is 1.73. The average molecular weight is 392 g/mol. The highest BCUT2D eigenvalue weighted by Gasteiger charge is 2.22. The van der Waals surface area contributed by atoms with Crippen molar-refractivity contribution in [1.82, 2.24) is 15.3 Å². The number of rotatable bonds is 5. The highest BCUT2D eigenvalue weighted by atomic mass is 32.1. The van der Waals surface area contributed by atoms with Crippen molar-refractivity contribution in [3.63, 3.8) is 0 Å². The van der Waals surface area contributed by atoms with Crippen LogP contribution in [0.15, 0.2) is 72.2 Å². The van der Waals surface area contributed by atoms with Gasteiger partial charge in [-0.1, -0.05) is 42.5 Å². The summed E-state index contributed by atoms with van der Waals surface area (Å²) in [5, 5.41) is 5.96. The van der Waals surface area contributed by atoms with Crippen LogP contribution in [0.3, 0.4) is 0 Å². The van der Waals surface area contributed by atoms with Crippen molar-refractivity contribution in [1.29, 1.82) is 0 Å². The van der Waals surface area contributed by atoms with Crippen LogP contribution in [0.25, 0.3) is 10.7 Å². The summed E-state index contributed by atoms with van der Waals surface area (Å²) in [5.74, 6) is -0.116. The van der Waals surface area contributed by atoms with E-state index in [1.807, 2.05) is 73.0 Å². The highest BCUT2D eigenvalue weighted by Crippen LogP contribution is 2.29. The van der Waals surface area contributed by atoms with Crippen LogP contribution in [-0.4, -0.2) is 15.9 Å². The lowest BCUT2D eigenvalue weighted by Crippen LogP contribution is -2.28. The first kappa shape index (κ1) is 17.6. The number of aromatic nitrogens is 2. The van der Waals surface area contributed by atoms with E-state index in [1.54, 1.807) is 17.5 Å². The molecule has 0 aliphatic rings. The lowest BCUT2D eigenvalue weighted by atomic mass is 10.1. The van der Waals surface area contributed by atoms with Crippen molar-refractivity contribution in [3.05, 3.63) is 93.3 Å². The number of benzene rings is 1. The summed E-state index contributed by atoms with van der Waals surface area (Å²) in [5.41, 5.74) is 2.55. The molecule has 3 heterocycles. The minimum Gasteiger partial charge on any atom is -0.340 e. The van der Waals surface area contributed by atoms with Gasteiger partial charge in [-0.25, -0.2) is 4.98 Å². The van der Waals surface area contributed by atoms with Crippen LogP contribution >= 0.6 is 22.7 Å². The predicted octanol–water partition coefficient (Wildman–Crippen LogP) is 5.09. The number of pyridine rings is 1. The number of aryl methyl sites for hydroxylation is 1. The van der Waals surface area contributed by atoms with Gasteiger partial charge in [0.05, 0.1) is 17.4 Å². The number of nitrogens with one attached hydrogen (secondary N) is 1. The van der Waals surface area contributed by atoms with E-state index in [9.17, 15) is 4.79 Å². The topological polar surface area (TPSA) is 54.9 Å². The van der Waals surface area contributed by atoms with E-state index in [-0.39, 0.29) is 11.9 Å². The number of thiazole rings is 1. The van der Waals surface area contributed by atoms with E-state index in [0.29, 0.717) is 4.88 Å². The summed E-state index contributed by atoms with van der Waals surface area (Å²) >= 11 is 3.01. The zero-order valence-corrected chi connectivity index (χ0v) is 16.3. The molecule has 27 heavy (non-hydrogen) atoms. The average Bonchev–Trinajstić information content (AvgIpc) is 3.37. The number of carbonyl (C=O) groups is 1. The lowest BCUT2D eigenvalue weighted by Gasteiger charge is -2.17. The van der Waals surface area contributed by atoms with E-state index >= 15 is 0 Å². The molecule has 6 heteroatoms. The minimum absolute atomic E-state index is 0.116. The van der Waals surface area contributed by atoms with Crippen molar-refractivity contribution >= 4 is 28.6 Å². The van der Waals surface area contributed by atoms with E-state index < -0.39 is 0 Å². The maximum absolute atomic E-state index is 13.0. The van der Waals surface area contributed by atoms with E-state index in [2.05, 4.69) is 15.3 Å². The van der Waals surface area contributed by atoms with Gasteiger partial charge in [0.1, 0.15) is 9.88 Å². The molecule has 0 aliphatic heterocycles. The van der Waals surface area contributed by atoms with Gasteiger partial charge in [0, 0.05) is 11.1 Å². The zero-order valence-electron chi connectivity index (χ0n) is 14.6. The molecule has 4 aromatic rings. The molecule has 134 valence electrons. The molecule has 1 atom stereocenters. The highest BCUT2D eigenvalue weighted by molar-refractivity contribution is 7.17. The van der Waals surface area contributed by atoms with Gasteiger partial charge in [-0.3, -0.25) is 9.78 Å². The second kappa shape index (κ2) is 7.82. The fourth-order valence-corrected chi connectivity index (χ4v) is 4.57. The summed E-state index contributed by atoms with van der Waals surface area (Å²) in [6.45, 7) is 1.86. The molecule has 0 aliphatic carbocycles. The van der Waals surface area contributed by atoms with Crippen LogP contribution in [0.5, 0.6) is 0 Å². The van der Waals surface area contributed by atoms with Crippen LogP contribution < -0.4 is 5.32 Å². The van der Waals surface area contributed by atoms with Gasteiger partial charge in [0.25, 0.3) is 5.91 Å². The first-order chi connectivity index (χ1) is 13.2. The SMILES string of the molecule is Cc1nc(-c2ccccn2)sc1C(=O)NC(c1ccccc1)c1cccs1. The summed E-state index contributed by atoms with van der Waals surface area (Å²) < 4.78 is 0. The maximum Gasteiger partial charge on any atom is 0.264 e. The fourth-order valence-electron chi connectivity index (χ4n) is 2.82. The Hall–Kier alpha value is -2.83. The van der Waals surface area contributed by atoms with Crippen molar-refractivity contribution < 1.29 is 4.79 Å². The molecule has 4 nitrogen and oxygen atoms in total. The van der Waals surface area contributed by atoms with Gasteiger partial charge in [0.2, 0.25) is 0 Å². The van der Waals surface area contributed by atoms with Crippen LogP contribution in [0.1, 0.15) is 31.8 Å². The second-order valence-corrected chi connectivity index (χ2v) is 7.96. The second-order valence-electron chi connectivity index (χ2n) is 5.98. The molecule has 0 fully saturated rings. The fraction of sp³-hybridized carbons (Fsp3) is 0.0952. The molecule has 0 saturated heterocycles. The molecule has 4 rings (SSSR count). The molecule has 0 radical (unpaired) electrons. The molecule has 3 aromatic heterocycles. The number of hydrogen-bond acceptors (Lipinski definition) is 5. The van der Waals surface area contributed by atoms with Gasteiger partial charge < -0.3 is 5.32 Å².